The van der Waals surface area contributed by atoms with Crippen molar-refractivity contribution in [2.75, 3.05) is 19.7 Å². The average molecular weight is 269 g/mol. The summed E-state index contributed by atoms with van der Waals surface area (Å²) in [7, 11) is 0. The van der Waals surface area contributed by atoms with Crippen LogP contribution in [0.1, 0.15) is 51.9 Å². The molecule has 4 nitrogen and oxygen atoms in total. The quantitative estimate of drug-likeness (QED) is 0.793. The Morgan fingerprint density at radius 3 is 2.53 bits per heavy atom. The second-order valence-electron chi connectivity index (χ2n) is 5.81. The largest absolute Gasteiger partial charge is 0.465 e. The fraction of sp³-hybridized carbons (Fsp3) is 0.933. The van der Waals surface area contributed by atoms with Crippen LogP contribution in [-0.4, -0.2) is 47.8 Å². The summed E-state index contributed by atoms with van der Waals surface area (Å²) in [6, 6.07) is -0.226. The Balaban J connectivity index is 2.09. The first-order valence-electron chi connectivity index (χ1n) is 7.82. The number of rotatable bonds is 4. The molecule has 1 N–H and O–H groups in total. The van der Waals surface area contributed by atoms with Gasteiger partial charge in [-0.3, -0.25) is 9.69 Å². The number of esters is 1. The lowest BCUT2D eigenvalue weighted by atomic mass is 9.80. The number of ether oxygens (including phenoxy) is 1. The summed E-state index contributed by atoms with van der Waals surface area (Å²) >= 11 is 0. The van der Waals surface area contributed by atoms with Gasteiger partial charge in [-0.05, 0) is 45.7 Å². The number of piperidine rings is 1. The zero-order valence-electron chi connectivity index (χ0n) is 12.0. The summed E-state index contributed by atoms with van der Waals surface area (Å²) in [4.78, 5) is 14.6. The number of hydrogen-bond acceptors (Lipinski definition) is 4. The molecular weight excluding hydrogens is 242 g/mol. The number of aliphatic hydroxyl groups excluding tert-OH is 1. The molecule has 0 unspecified atom stereocenters. The van der Waals surface area contributed by atoms with E-state index >= 15 is 0 Å². The number of carbonyl (C=O) groups excluding carboxylic acids is 1. The van der Waals surface area contributed by atoms with Crippen LogP contribution in [0, 0.1) is 5.92 Å². The molecule has 1 aliphatic heterocycles. The number of likely N-dealkylation sites (tertiary alicyclic amines) is 1. The van der Waals surface area contributed by atoms with E-state index < -0.39 is 0 Å². The van der Waals surface area contributed by atoms with Gasteiger partial charge in [0, 0.05) is 5.92 Å². The molecule has 110 valence electrons. The Kier molecular flexibility index (Phi) is 5.64. The van der Waals surface area contributed by atoms with E-state index in [0.717, 1.165) is 51.6 Å². The van der Waals surface area contributed by atoms with Gasteiger partial charge in [0.05, 0.1) is 12.7 Å². The lowest BCUT2D eigenvalue weighted by Crippen LogP contribution is -2.52. The van der Waals surface area contributed by atoms with Crippen molar-refractivity contribution in [2.24, 2.45) is 5.92 Å². The second-order valence-corrected chi connectivity index (χ2v) is 5.81. The molecule has 19 heavy (non-hydrogen) atoms. The molecule has 0 spiro atoms. The van der Waals surface area contributed by atoms with Gasteiger partial charge in [0.1, 0.15) is 6.04 Å². The molecule has 1 heterocycles. The molecule has 1 saturated carbocycles. The van der Waals surface area contributed by atoms with E-state index in [1.54, 1.807) is 0 Å². The predicted molar refractivity (Wildman–Crippen MR) is 73.8 cm³/mol. The summed E-state index contributed by atoms with van der Waals surface area (Å²) in [6.07, 6.45) is 7.18. The lowest BCUT2D eigenvalue weighted by Gasteiger charge is -2.40. The highest BCUT2D eigenvalue weighted by molar-refractivity contribution is 5.76. The highest BCUT2D eigenvalue weighted by atomic mass is 16.5. The first-order chi connectivity index (χ1) is 9.24. The van der Waals surface area contributed by atoms with E-state index in [4.69, 9.17) is 4.74 Å². The molecule has 2 rings (SSSR count). The van der Waals surface area contributed by atoms with Crippen molar-refractivity contribution < 1.29 is 14.6 Å². The molecular formula is C15H27NO3. The Bertz CT molecular complexity index is 289. The molecule has 0 radical (unpaired) electrons. The van der Waals surface area contributed by atoms with Gasteiger partial charge >= 0.3 is 5.97 Å². The predicted octanol–water partition coefficient (Wildman–Crippen LogP) is 1.96. The third kappa shape index (κ3) is 3.69. The maximum atomic E-state index is 12.3. The van der Waals surface area contributed by atoms with Gasteiger partial charge in [0.25, 0.3) is 0 Å². The zero-order chi connectivity index (χ0) is 13.7. The van der Waals surface area contributed by atoms with Crippen LogP contribution in [0.15, 0.2) is 0 Å². The first-order valence-corrected chi connectivity index (χ1v) is 7.82. The Morgan fingerprint density at radius 2 is 1.89 bits per heavy atom. The summed E-state index contributed by atoms with van der Waals surface area (Å²) in [5, 5.41) is 10.3. The summed E-state index contributed by atoms with van der Waals surface area (Å²) in [6.45, 7) is 4.20. The zero-order valence-corrected chi connectivity index (χ0v) is 12.0. The van der Waals surface area contributed by atoms with Crippen molar-refractivity contribution in [1.82, 2.24) is 4.90 Å². The van der Waals surface area contributed by atoms with Crippen molar-refractivity contribution >= 4 is 5.97 Å². The minimum atomic E-state index is -0.343. The van der Waals surface area contributed by atoms with Crippen LogP contribution in [0.4, 0.5) is 0 Å². The topological polar surface area (TPSA) is 49.8 Å². The van der Waals surface area contributed by atoms with Gasteiger partial charge in [-0.25, -0.2) is 0 Å². The van der Waals surface area contributed by atoms with Gasteiger partial charge in [0.2, 0.25) is 0 Å². The Morgan fingerprint density at radius 1 is 1.21 bits per heavy atom. The number of carbonyl (C=O) groups is 1. The number of aliphatic hydroxyl groups is 1. The minimum absolute atomic E-state index is 0.0610. The smallest absolute Gasteiger partial charge is 0.323 e. The van der Waals surface area contributed by atoms with Crippen LogP contribution < -0.4 is 0 Å². The van der Waals surface area contributed by atoms with E-state index in [1.165, 1.54) is 6.42 Å². The molecule has 0 aromatic rings. The number of hydrogen-bond donors (Lipinski definition) is 1. The maximum absolute atomic E-state index is 12.3. The third-order valence-electron chi connectivity index (χ3n) is 4.50. The van der Waals surface area contributed by atoms with Crippen LogP contribution in [0.5, 0.6) is 0 Å². The van der Waals surface area contributed by atoms with E-state index in [1.807, 2.05) is 6.92 Å². The lowest BCUT2D eigenvalue weighted by molar-refractivity contribution is -0.155. The van der Waals surface area contributed by atoms with Crippen LogP contribution in [-0.2, 0) is 9.53 Å². The summed E-state index contributed by atoms with van der Waals surface area (Å²) < 4.78 is 5.27. The van der Waals surface area contributed by atoms with Crippen molar-refractivity contribution in [2.45, 2.75) is 64.0 Å². The minimum Gasteiger partial charge on any atom is -0.465 e. The Labute approximate surface area is 116 Å². The molecule has 0 aromatic heterocycles. The molecule has 0 bridgehead atoms. The van der Waals surface area contributed by atoms with Crippen LogP contribution >= 0.6 is 0 Å². The monoisotopic (exact) mass is 269 g/mol. The summed E-state index contributed by atoms with van der Waals surface area (Å²) in [5.74, 6) is -0.0683. The van der Waals surface area contributed by atoms with Gasteiger partial charge in [-0.15, -0.1) is 0 Å². The third-order valence-corrected chi connectivity index (χ3v) is 4.50. The van der Waals surface area contributed by atoms with Crippen molar-refractivity contribution in [3.63, 3.8) is 0 Å². The SMILES string of the molecule is CCOC(=O)[C@@H]([C@@H]1CCCC[C@H]1O)N1CCCCC1. The molecule has 2 aliphatic rings. The molecule has 1 saturated heterocycles. The standard InChI is InChI=1S/C15H27NO3/c1-2-19-15(18)14(16-10-6-3-7-11-16)12-8-4-5-9-13(12)17/h12-14,17H,2-11H2,1H3/t12-,13-,14-/m1/s1. The first kappa shape index (κ1) is 14.8. The van der Waals surface area contributed by atoms with E-state index in [-0.39, 0.29) is 24.0 Å². The van der Waals surface area contributed by atoms with Crippen molar-refractivity contribution in [1.29, 1.82) is 0 Å². The van der Waals surface area contributed by atoms with Gasteiger partial charge < -0.3 is 9.84 Å². The fourth-order valence-electron chi connectivity index (χ4n) is 3.53. The van der Waals surface area contributed by atoms with Crippen molar-refractivity contribution in [3.05, 3.63) is 0 Å². The van der Waals surface area contributed by atoms with E-state index in [2.05, 4.69) is 4.90 Å². The Hall–Kier alpha value is -0.610. The normalized spacial score (nSPS) is 30.8. The molecule has 4 heteroatoms. The highest BCUT2D eigenvalue weighted by Gasteiger charge is 2.40. The molecule has 1 aliphatic carbocycles. The maximum Gasteiger partial charge on any atom is 0.323 e. The molecule has 3 atom stereocenters. The van der Waals surface area contributed by atoms with Crippen molar-refractivity contribution in [3.8, 4) is 0 Å². The molecule has 0 amide bonds. The molecule has 0 aromatic carbocycles. The average Bonchev–Trinajstić information content (AvgIpc) is 2.43. The fourth-order valence-corrected chi connectivity index (χ4v) is 3.53. The van der Waals surface area contributed by atoms with Crippen LogP contribution in [0.3, 0.4) is 0 Å². The van der Waals surface area contributed by atoms with Gasteiger partial charge in [-0.1, -0.05) is 19.3 Å². The van der Waals surface area contributed by atoms with Crippen LogP contribution in [0.2, 0.25) is 0 Å². The molecule has 2 fully saturated rings. The summed E-state index contributed by atoms with van der Waals surface area (Å²) in [5.41, 5.74) is 0. The van der Waals surface area contributed by atoms with E-state index in [9.17, 15) is 9.90 Å². The van der Waals surface area contributed by atoms with Gasteiger partial charge in [0.15, 0.2) is 0 Å². The van der Waals surface area contributed by atoms with Gasteiger partial charge in [-0.2, -0.15) is 0 Å². The van der Waals surface area contributed by atoms with Crippen LogP contribution in [0.25, 0.3) is 0 Å². The highest BCUT2D eigenvalue weighted by Crippen LogP contribution is 2.31. The number of nitrogens with zero attached hydrogens (tertiary/aromatic N) is 1. The second kappa shape index (κ2) is 7.25. The van der Waals surface area contributed by atoms with E-state index in [0.29, 0.717) is 6.61 Å².